The van der Waals surface area contributed by atoms with Crippen molar-refractivity contribution in [1.82, 2.24) is 0 Å². The second-order valence-corrected chi connectivity index (χ2v) is 4.30. The Labute approximate surface area is 116 Å². The molecule has 2 aromatic carbocycles. The van der Waals surface area contributed by atoms with Gasteiger partial charge in [0.2, 0.25) is 5.91 Å². The molecule has 0 atom stereocenters. The quantitative estimate of drug-likeness (QED) is 0.789. The average molecular weight is 270 g/mol. The van der Waals surface area contributed by atoms with Crippen molar-refractivity contribution in [1.29, 1.82) is 0 Å². The average Bonchev–Trinajstić information content (AvgIpc) is 2.41. The number of amides is 2. The Bertz CT molecular complexity index is 636. The van der Waals surface area contributed by atoms with E-state index in [0.717, 1.165) is 5.56 Å². The van der Waals surface area contributed by atoms with Crippen LogP contribution >= 0.6 is 0 Å². The number of carbonyl (C=O) groups is 2. The summed E-state index contributed by atoms with van der Waals surface area (Å²) in [6.45, 7) is 0. The molecule has 0 aliphatic rings. The number of hydrogen-bond donors (Lipinski definition) is 3. The number of carbonyl (C=O) groups excluding carboxylic acids is 2. The number of rotatable bonds is 4. The van der Waals surface area contributed by atoms with Gasteiger partial charge in [-0.05, 0) is 29.8 Å². The summed E-state index contributed by atoms with van der Waals surface area (Å²) in [7, 11) is 0. The second-order valence-electron chi connectivity index (χ2n) is 4.30. The summed E-state index contributed by atoms with van der Waals surface area (Å²) in [6.07, 6.45) is 0.146. The van der Waals surface area contributed by atoms with Gasteiger partial charge in [0, 0.05) is 0 Å². The van der Waals surface area contributed by atoms with Crippen molar-refractivity contribution in [2.75, 3.05) is 5.32 Å². The lowest BCUT2D eigenvalue weighted by atomic mass is 10.1. The lowest BCUT2D eigenvalue weighted by molar-refractivity contribution is -0.115. The first-order valence-electron chi connectivity index (χ1n) is 6.03. The maximum absolute atomic E-state index is 11.9. The summed E-state index contributed by atoms with van der Waals surface area (Å²) in [6, 6.07) is 12.9. The fraction of sp³-hybridized carbons (Fsp3) is 0.0667. The van der Waals surface area contributed by atoms with Crippen molar-refractivity contribution >= 4 is 17.5 Å². The molecule has 5 heteroatoms. The summed E-state index contributed by atoms with van der Waals surface area (Å²) in [4.78, 5) is 23.2. The Morgan fingerprint density at radius 3 is 2.35 bits per heavy atom. The van der Waals surface area contributed by atoms with Crippen LogP contribution in [-0.4, -0.2) is 16.9 Å². The third-order valence-electron chi connectivity index (χ3n) is 2.77. The Hall–Kier alpha value is -2.82. The van der Waals surface area contributed by atoms with Crippen molar-refractivity contribution in [2.45, 2.75) is 6.42 Å². The minimum atomic E-state index is -0.592. The van der Waals surface area contributed by atoms with E-state index >= 15 is 0 Å². The molecule has 0 saturated heterocycles. The smallest absolute Gasteiger partial charge is 0.250 e. The molecule has 4 N–H and O–H groups in total. The van der Waals surface area contributed by atoms with E-state index in [1.54, 1.807) is 36.4 Å². The van der Waals surface area contributed by atoms with Crippen LogP contribution < -0.4 is 11.1 Å². The molecule has 0 aliphatic carbocycles. The number of nitrogens with one attached hydrogen (secondary N) is 1. The Kier molecular flexibility index (Phi) is 4.00. The number of primary amides is 1. The first kappa shape index (κ1) is 13.6. The molecule has 0 fully saturated rings. The number of phenols is 1. The Morgan fingerprint density at radius 1 is 1.05 bits per heavy atom. The van der Waals surface area contributed by atoms with Crippen molar-refractivity contribution in [2.24, 2.45) is 5.73 Å². The van der Waals surface area contributed by atoms with E-state index in [1.807, 2.05) is 0 Å². The molecule has 2 rings (SSSR count). The van der Waals surface area contributed by atoms with Gasteiger partial charge in [0.25, 0.3) is 5.91 Å². The van der Waals surface area contributed by atoms with Crippen molar-refractivity contribution in [3.05, 3.63) is 59.7 Å². The molecule has 102 valence electrons. The van der Waals surface area contributed by atoms with Crippen LogP contribution in [0.1, 0.15) is 15.9 Å². The zero-order chi connectivity index (χ0) is 14.5. The molecule has 0 heterocycles. The molecule has 0 radical (unpaired) electrons. The predicted octanol–water partition coefficient (Wildman–Crippen LogP) is 1.67. The zero-order valence-electron chi connectivity index (χ0n) is 10.7. The molecule has 5 nitrogen and oxygen atoms in total. The lowest BCUT2D eigenvalue weighted by Crippen LogP contribution is -2.19. The van der Waals surface area contributed by atoms with Crippen molar-refractivity contribution in [3.8, 4) is 5.75 Å². The highest BCUT2D eigenvalue weighted by Crippen LogP contribution is 2.15. The summed E-state index contributed by atoms with van der Waals surface area (Å²) >= 11 is 0. The van der Waals surface area contributed by atoms with E-state index in [-0.39, 0.29) is 23.6 Å². The molecule has 0 unspecified atom stereocenters. The molecule has 2 amide bonds. The summed E-state index contributed by atoms with van der Waals surface area (Å²) in [5.41, 5.74) is 6.66. The molecule has 2 aromatic rings. The molecule has 0 aliphatic heterocycles. The molecular formula is C15H14N2O3. The fourth-order valence-electron chi connectivity index (χ4n) is 1.80. The van der Waals surface area contributed by atoms with Gasteiger partial charge in [-0.1, -0.05) is 24.3 Å². The van der Waals surface area contributed by atoms with E-state index in [1.165, 1.54) is 12.1 Å². The molecule has 20 heavy (non-hydrogen) atoms. The van der Waals surface area contributed by atoms with Gasteiger partial charge in [-0.15, -0.1) is 0 Å². The summed E-state index contributed by atoms with van der Waals surface area (Å²) in [5, 5.41) is 11.8. The Balaban J connectivity index is 2.08. The van der Waals surface area contributed by atoms with E-state index in [0.29, 0.717) is 5.69 Å². The van der Waals surface area contributed by atoms with Gasteiger partial charge in [0.05, 0.1) is 17.7 Å². The van der Waals surface area contributed by atoms with Crippen LogP contribution in [0.3, 0.4) is 0 Å². The van der Waals surface area contributed by atoms with Crippen LogP contribution in [0.25, 0.3) is 0 Å². The number of phenolic OH excluding ortho intramolecular Hbond substituents is 1. The van der Waals surface area contributed by atoms with E-state index in [2.05, 4.69) is 5.32 Å². The minimum absolute atomic E-state index is 0.146. The highest BCUT2D eigenvalue weighted by molar-refractivity contribution is 6.03. The number of para-hydroxylation sites is 1. The van der Waals surface area contributed by atoms with E-state index in [4.69, 9.17) is 5.73 Å². The van der Waals surface area contributed by atoms with Gasteiger partial charge in [0.1, 0.15) is 5.75 Å². The zero-order valence-corrected chi connectivity index (χ0v) is 10.7. The van der Waals surface area contributed by atoms with Crippen molar-refractivity contribution < 1.29 is 14.7 Å². The third kappa shape index (κ3) is 3.35. The van der Waals surface area contributed by atoms with Crippen LogP contribution in [-0.2, 0) is 11.2 Å². The van der Waals surface area contributed by atoms with E-state index < -0.39 is 5.91 Å². The highest BCUT2D eigenvalue weighted by atomic mass is 16.3. The standard InChI is InChI=1S/C15H14N2O3/c16-15(20)12-3-1-2-4-13(12)17-14(19)9-10-5-7-11(18)8-6-10/h1-8,18H,9H2,(H2,16,20)(H,17,19). The van der Waals surface area contributed by atoms with Crippen LogP contribution in [0.4, 0.5) is 5.69 Å². The number of hydrogen-bond acceptors (Lipinski definition) is 3. The number of nitrogens with two attached hydrogens (primary N) is 1. The topological polar surface area (TPSA) is 92.4 Å². The maximum atomic E-state index is 11.9. The number of anilines is 1. The molecule has 0 saturated carbocycles. The van der Waals surface area contributed by atoms with Gasteiger partial charge in [-0.3, -0.25) is 9.59 Å². The van der Waals surface area contributed by atoms with Gasteiger partial charge < -0.3 is 16.2 Å². The van der Waals surface area contributed by atoms with Crippen LogP contribution in [0.15, 0.2) is 48.5 Å². The summed E-state index contributed by atoms with van der Waals surface area (Å²) in [5.74, 6) is -0.705. The van der Waals surface area contributed by atoms with Crippen LogP contribution in [0.5, 0.6) is 5.75 Å². The van der Waals surface area contributed by atoms with Gasteiger partial charge >= 0.3 is 0 Å². The van der Waals surface area contributed by atoms with Gasteiger partial charge in [0.15, 0.2) is 0 Å². The van der Waals surface area contributed by atoms with Crippen LogP contribution in [0, 0.1) is 0 Å². The fourth-order valence-corrected chi connectivity index (χ4v) is 1.80. The first-order valence-corrected chi connectivity index (χ1v) is 6.03. The lowest BCUT2D eigenvalue weighted by Gasteiger charge is -2.08. The normalized spacial score (nSPS) is 10.0. The number of benzene rings is 2. The first-order chi connectivity index (χ1) is 9.56. The SMILES string of the molecule is NC(=O)c1ccccc1NC(=O)Cc1ccc(O)cc1. The minimum Gasteiger partial charge on any atom is -0.508 e. The largest absolute Gasteiger partial charge is 0.508 e. The molecule has 0 spiro atoms. The molecular weight excluding hydrogens is 256 g/mol. The van der Waals surface area contributed by atoms with E-state index in [9.17, 15) is 14.7 Å². The number of aromatic hydroxyl groups is 1. The molecule has 0 bridgehead atoms. The van der Waals surface area contributed by atoms with Gasteiger partial charge in [-0.25, -0.2) is 0 Å². The third-order valence-corrected chi connectivity index (χ3v) is 2.77. The van der Waals surface area contributed by atoms with Crippen molar-refractivity contribution in [3.63, 3.8) is 0 Å². The second kappa shape index (κ2) is 5.88. The summed E-state index contributed by atoms with van der Waals surface area (Å²) < 4.78 is 0. The monoisotopic (exact) mass is 270 g/mol. The maximum Gasteiger partial charge on any atom is 0.250 e. The molecule has 0 aromatic heterocycles. The van der Waals surface area contributed by atoms with Gasteiger partial charge in [-0.2, -0.15) is 0 Å². The predicted molar refractivity (Wildman–Crippen MR) is 75.4 cm³/mol. The Morgan fingerprint density at radius 2 is 1.70 bits per heavy atom. The highest BCUT2D eigenvalue weighted by Gasteiger charge is 2.10. The van der Waals surface area contributed by atoms with Crippen LogP contribution in [0.2, 0.25) is 0 Å².